The molecule has 1 N–H and O–H groups in total. The van der Waals surface area contributed by atoms with Gasteiger partial charge in [0, 0.05) is 13.1 Å². The molecule has 2 heterocycles. The van der Waals surface area contributed by atoms with Crippen molar-refractivity contribution in [3.05, 3.63) is 35.7 Å². The van der Waals surface area contributed by atoms with Gasteiger partial charge >= 0.3 is 5.97 Å². The van der Waals surface area contributed by atoms with Crippen LogP contribution in [0.25, 0.3) is 5.69 Å². The van der Waals surface area contributed by atoms with Crippen molar-refractivity contribution in [2.24, 2.45) is 5.41 Å². The Labute approximate surface area is 157 Å². The summed E-state index contributed by atoms with van der Waals surface area (Å²) in [6, 6.07) is 7.39. The molecule has 8 heteroatoms. The number of benzene rings is 1. The average Bonchev–Trinajstić information content (AvgIpc) is 3.19. The van der Waals surface area contributed by atoms with Crippen molar-refractivity contribution in [3.63, 3.8) is 0 Å². The number of amides is 1. The highest BCUT2D eigenvalue weighted by molar-refractivity contribution is 5.94. The minimum absolute atomic E-state index is 0.0881. The molecule has 3 rings (SSSR count). The van der Waals surface area contributed by atoms with Gasteiger partial charge < -0.3 is 14.7 Å². The Kier molecular flexibility index (Phi) is 4.91. The lowest BCUT2D eigenvalue weighted by molar-refractivity contribution is -0.147. The number of nitrogens with zero attached hydrogens (tertiary/aromatic N) is 4. The smallest absolute Gasteiger partial charge is 0.311 e. The third-order valence-corrected chi connectivity index (χ3v) is 4.83. The Bertz CT molecular complexity index is 859. The zero-order valence-electron chi connectivity index (χ0n) is 16.0. The quantitative estimate of drug-likeness (QED) is 0.865. The molecule has 1 aliphatic rings. The van der Waals surface area contributed by atoms with Crippen LogP contribution >= 0.6 is 0 Å². The van der Waals surface area contributed by atoms with E-state index in [4.69, 9.17) is 4.74 Å². The van der Waals surface area contributed by atoms with Crippen LogP contribution in [0.4, 0.5) is 0 Å². The van der Waals surface area contributed by atoms with E-state index in [0.717, 1.165) is 11.4 Å². The lowest BCUT2D eigenvalue weighted by atomic mass is 9.90. The van der Waals surface area contributed by atoms with Crippen LogP contribution in [-0.4, -0.2) is 56.1 Å². The van der Waals surface area contributed by atoms with E-state index in [1.54, 1.807) is 18.5 Å². The summed E-state index contributed by atoms with van der Waals surface area (Å²) in [5, 5.41) is 17.5. The van der Waals surface area contributed by atoms with E-state index >= 15 is 0 Å². The second kappa shape index (κ2) is 7.02. The maximum atomic E-state index is 12.8. The number of ether oxygens (including phenoxy) is 1. The summed E-state index contributed by atoms with van der Waals surface area (Å²) in [6.07, 6.45) is 0.517. The summed E-state index contributed by atoms with van der Waals surface area (Å²) in [4.78, 5) is 25.7. The molecule has 2 aromatic rings. The van der Waals surface area contributed by atoms with Crippen molar-refractivity contribution in [2.45, 2.75) is 40.2 Å². The molecule has 1 fully saturated rings. The van der Waals surface area contributed by atoms with E-state index in [-0.39, 0.29) is 24.2 Å². The van der Waals surface area contributed by atoms with Crippen LogP contribution in [0.3, 0.4) is 0 Å². The summed E-state index contributed by atoms with van der Waals surface area (Å²) in [7, 11) is 0. The zero-order valence-corrected chi connectivity index (χ0v) is 16.0. The Morgan fingerprint density at radius 2 is 1.93 bits per heavy atom. The number of hydrogen-bond donors (Lipinski definition) is 1. The lowest BCUT2D eigenvalue weighted by Gasteiger charge is -2.19. The maximum Gasteiger partial charge on any atom is 0.311 e. The molecule has 1 saturated heterocycles. The van der Waals surface area contributed by atoms with Crippen LogP contribution < -0.4 is 4.74 Å². The summed E-state index contributed by atoms with van der Waals surface area (Å²) in [5.74, 6) is -0.418. The van der Waals surface area contributed by atoms with Crippen molar-refractivity contribution in [1.29, 1.82) is 0 Å². The third kappa shape index (κ3) is 3.65. The second-order valence-electron chi connectivity index (χ2n) is 7.44. The molecule has 0 saturated carbocycles. The van der Waals surface area contributed by atoms with Crippen LogP contribution in [0.2, 0.25) is 0 Å². The molecule has 8 nitrogen and oxygen atoms in total. The number of aromatic nitrogens is 3. The molecule has 1 aliphatic heterocycles. The van der Waals surface area contributed by atoms with Gasteiger partial charge in [0.2, 0.25) is 0 Å². The molecule has 1 unspecified atom stereocenters. The van der Waals surface area contributed by atoms with Crippen molar-refractivity contribution in [2.75, 3.05) is 13.1 Å². The molecular weight excluding hydrogens is 348 g/mol. The number of aliphatic carboxylic acids is 1. The van der Waals surface area contributed by atoms with E-state index in [2.05, 4.69) is 10.3 Å². The lowest BCUT2D eigenvalue weighted by Crippen LogP contribution is -2.35. The molecule has 0 spiro atoms. The Morgan fingerprint density at radius 3 is 2.48 bits per heavy atom. The fourth-order valence-corrected chi connectivity index (χ4v) is 3.17. The maximum absolute atomic E-state index is 12.8. The summed E-state index contributed by atoms with van der Waals surface area (Å²) in [5.41, 5.74) is 0.715. The van der Waals surface area contributed by atoms with Crippen LogP contribution in [0, 0.1) is 12.3 Å². The molecule has 0 aliphatic carbocycles. The van der Waals surface area contributed by atoms with Gasteiger partial charge in [-0.3, -0.25) is 9.59 Å². The average molecular weight is 372 g/mol. The van der Waals surface area contributed by atoms with Crippen molar-refractivity contribution in [1.82, 2.24) is 19.9 Å². The molecule has 0 bridgehead atoms. The first-order chi connectivity index (χ1) is 12.7. The minimum Gasteiger partial charge on any atom is -0.491 e. The van der Waals surface area contributed by atoms with E-state index in [0.29, 0.717) is 18.7 Å². The molecule has 0 radical (unpaired) electrons. The van der Waals surface area contributed by atoms with Gasteiger partial charge in [-0.25, -0.2) is 4.68 Å². The SMILES string of the molecule is Cc1c(C(=O)N2CCC(C)(C(=O)O)C2)nnn1-c1ccc(OC(C)C)cc1. The monoisotopic (exact) mass is 372 g/mol. The van der Waals surface area contributed by atoms with Gasteiger partial charge in [-0.15, -0.1) is 5.10 Å². The number of carboxylic acids is 1. The molecule has 1 aromatic carbocycles. The Morgan fingerprint density at radius 1 is 1.26 bits per heavy atom. The highest BCUT2D eigenvalue weighted by Gasteiger charge is 2.43. The van der Waals surface area contributed by atoms with E-state index in [1.165, 1.54) is 4.90 Å². The van der Waals surface area contributed by atoms with Crippen LogP contribution in [0.5, 0.6) is 5.75 Å². The highest BCUT2D eigenvalue weighted by Crippen LogP contribution is 2.31. The van der Waals surface area contributed by atoms with Crippen molar-refractivity contribution in [3.8, 4) is 11.4 Å². The van der Waals surface area contributed by atoms with E-state index in [9.17, 15) is 14.7 Å². The topological polar surface area (TPSA) is 97.5 Å². The summed E-state index contributed by atoms with van der Waals surface area (Å²) in [6.45, 7) is 7.93. The van der Waals surface area contributed by atoms with Gasteiger partial charge in [-0.05, 0) is 58.4 Å². The predicted octanol–water partition coefficient (Wildman–Crippen LogP) is 2.30. The number of carbonyl (C=O) groups excluding carboxylic acids is 1. The third-order valence-electron chi connectivity index (χ3n) is 4.83. The second-order valence-corrected chi connectivity index (χ2v) is 7.44. The van der Waals surface area contributed by atoms with Gasteiger partial charge in [-0.2, -0.15) is 0 Å². The molecule has 144 valence electrons. The first kappa shape index (κ1) is 18.9. The Balaban J connectivity index is 1.79. The zero-order chi connectivity index (χ0) is 19.8. The summed E-state index contributed by atoms with van der Waals surface area (Å²) < 4.78 is 7.23. The molecular formula is C19H24N4O4. The van der Waals surface area contributed by atoms with Gasteiger partial charge in [-0.1, -0.05) is 5.21 Å². The van der Waals surface area contributed by atoms with Gasteiger partial charge in [0.1, 0.15) is 5.75 Å². The largest absolute Gasteiger partial charge is 0.491 e. The first-order valence-corrected chi connectivity index (χ1v) is 8.93. The number of carboxylic acid groups (broad SMARTS) is 1. The number of likely N-dealkylation sites (tertiary alicyclic amines) is 1. The van der Waals surface area contributed by atoms with Gasteiger partial charge in [0.15, 0.2) is 5.69 Å². The molecule has 1 amide bonds. The summed E-state index contributed by atoms with van der Waals surface area (Å²) >= 11 is 0. The first-order valence-electron chi connectivity index (χ1n) is 8.93. The van der Waals surface area contributed by atoms with Crippen molar-refractivity contribution < 1.29 is 19.4 Å². The van der Waals surface area contributed by atoms with Crippen molar-refractivity contribution >= 4 is 11.9 Å². The van der Waals surface area contributed by atoms with Crippen LogP contribution in [-0.2, 0) is 4.79 Å². The van der Waals surface area contributed by atoms with E-state index in [1.807, 2.05) is 38.1 Å². The van der Waals surface area contributed by atoms with Crippen LogP contribution in [0.1, 0.15) is 43.4 Å². The molecule has 1 atom stereocenters. The number of hydrogen-bond acceptors (Lipinski definition) is 5. The van der Waals surface area contributed by atoms with E-state index < -0.39 is 11.4 Å². The highest BCUT2D eigenvalue weighted by atomic mass is 16.5. The van der Waals surface area contributed by atoms with Gasteiger partial charge in [0.25, 0.3) is 5.91 Å². The molecule has 27 heavy (non-hydrogen) atoms. The standard InChI is InChI=1S/C19H24N4O4/c1-12(2)27-15-7-5-14(6-8-15)23-13(3)16(20-21-23)17(24)22-10-9-19(4,11-22)18(25)26/h5-8,12H,9-11H2,1-4H3,(H,25,26). The molecule has 1 aromatic heterocycles. The fourth-order valence-electron chi connectivity index (χ4n) is 3.17. The number of rotatable bonds is 5. The minimum atomic E-state index is -0.911. The number of carbonyl (C=O) groups is 2. The van der Waals surface area contributed by atoms with Gasteiger partial charge in [0.05, 0.1) is 22.9 Å². The van der Waals surface area contributed by atoms with Crippen LogP contribution in [0.15, 0.2) is 24.3 Å². The normalized spacial score (nSPS) is 19.5. The fraction of sp³-hybridized carbons (Fsp3) is 0.474. The predicted molar refractivity (Wildman–Crippen MR) is 98.1 cm³/mol. The Hall–Kier alpha value is -2.90.